The molecule has 0 saturated heterocycles. The van der Waals surface area contributed by atoms with E-state index in [1.54, 1.807) is 19.1 Å². The Bertz CT molecular complexity index is 400. The molecular weight excluding hydrogens is 354 g/mol. The van der Waals surface area contributed by atoms with E-state index in [1.807, 2.05) is 0 Å². The second kappa shape index (κ2) is 6.37. The molecular formula is C11H13Br2NO3. The normalized spacial score (nSPS) is 12.2. The van der Waals surface area contributed by atoms with Crippen LogP contribution in [0.4, 0.5) is 0 Å². The average molecular weight is 367 g/mol. The molecule has 6 heteroatoms. The zero-order valence-electron chi connectivity index (χ0n) is 9.24. The molecule has 0 bridgehead atoms. The molecule has 1 rings (SSSR count). The van der Waals surface area contributed by atoms with Crippen molar-refractivity contribution in [3.63, 3.8) is 0 Å². The van der Waals surface area contributed by atoms with E-state index in [2.05, 4.69) is 31.9 Å². The third-order valence-electron chi connectivity index (χ3n) is 2.20. The van der Waals surface area contributed by atoms with Crippen molar-refractivity contribution in [3.05, 3.63) is 26.6 Å². The van der Waals surface area contributed by atoms with E-state index in [4.69, 9.17) is 15.6 Å². The summed E-state index contributed by atoms with van der Waals surface area (Å²) in [6.45, 7) is 1.87. The number of primary amides is 1. The number of amides is 1. The van der Waals surface area contributed by atoms with Crippen LogP contribution in [0, 0.1) is 5.92 Å². The van der Waals surface area contributed by atoms with Gasteiger partial charge in [0.2, 0.25) is 5.91 Å². The first kappa shape index (κ1) is 14.5. The van der Waals surface area contributed by atoms with Crippen LogP contribution in [0.2, 0.25) is 0 Å². The maximum atomic E-state index is 10.9. The van der Waals surface area contributed by atoms with Gasteiger partial charge < -0.3 is 15.6 Å². The van der Waals surface area contributed by atoms with Crippen molar-refractivity contribution in [2.75, 3.05) is 6.61 Å². The molecule has 17 heavy (non-hydrogen) atoms. The van der Waals surface area contributed by atoms with Gasteiger partial charge in [-0.25, -0.2) is 0 Å². The fourth-order valence-corrected chi connectivity index (χ4v) is 2.64. The molecule has 0 saturated carbocycles. The van der Waals surface area contributed by atoms with Crippen molar-refractivity contribution in [2.45, 2.75) is 13.5 Å². The molecule has 4 nitrogen and oxygen atoms in total. The van der Waals surface area contributed by atoms with E-state index < -0.39 is 5.91 Å². The van der Waals surface area contributed by atoms with E-state index >= 15 is 0 Å². The first-order valence-electron chi connectivity index (χ1n) is 4.96. The lowest BCUT2D eigenvalue weighted by Crippen LogP contribution is -2.25. The fourth-order valence-electron chi connectivity index (χ4n) is 1.13. The van der Waals surface area contributed by atoms with Crippen molar-refractivity contribution >= 4 is 37.8 Å². The molecule has 3 N–H and O–H groups in total. The van der Waals surface area contributed by atoms with Crippen LogP contribution in [0.5, 0.6) is 5.75 Å². The number of hydrogen-bond donors (Lipinski definition) is 2. The van der Waals surface area contributed by atoms with Gasteiger partial charge in [0.05, 0.1) is 28.1 Å². The average Bonchev–Trinajstić information content (AvgIpc) is 2.27. The third kappa shape index (κ3) is 3.97. The van der Waals surface area contributed by atoms with Crippen LogP contribution in [0.3, 0.4) is 0 Å². The highest BCUT2D eigenvalue weighted by atomic mass is 79.9. The highest BCUT2D eigenvalue weighted by molar-refractivity contribution is 9.11. The minimum atomic E-state index is -0.399. The Morgan fingerprint density at radius 1 is 1.47 bits per heavy atom. The molecule has 94 valence electrons. The molecule has 1 aromatic carbocycles. The summed E-state index contributed by atoms with van der Waals surface area (Å²) in [5, 5.41) is 9.02. The summed E-state index contributed by atoms with van der Waals surface area (Å²) in [5.74, 6) is -0.161. The van der Waals surface area contributed by atoms with Crippen molar-refractivity contribution < 1.29 is 14.6 Å². The number of carbonyl (C=O) groups is 1. The first-order valence-corrected chi connectivity index (χ1v) is 6.55. The number of carbonyl (C=O) groups excluding carboxylic acids is 1. The monoisotopic (exact) mass is 365 g/mol. The number of halogens is 2. The minimum absolute atomic E-state index is 0.0465. The maximum Gasteiger partial charge on any atom is 0.223 e. The van der Waals surface area contributed by atoms with Crippen molar-refractivity contribution in [1.82, 2.24) is 0 Å². The molecule has 1 amide bonds. The second-order valence-electron chi connectivity index (χ2n) is 3.66. The summed E-state index contributed by atoms with van der Waals surface area (Å²) in [6.07, 6.45) is 0. The Kier molecular flexibility index (Phi) is 5.42. The van der Waals surface area contributed by atoms with Gasteiger partial charge in [-0.3, -0.25) is 4.79 Å². The van der Waals surface area contributed by atoms with Crippen LogP contribution in [0.25, 0.3) is 0 Å². The van der Waals surface area contributed by atoms with Gasteiger partial charge in [0.15, 0.2) is 0 Å². The Labute approximate surface area is 116 Å². The number of aliphatic hydroxyl groups is 1. The van der Waals surface area contributed by atoms with E-state index in [0.29, 0.717) is 14.7 Å². The fraction of sp³-hybridized carbons (Fsp3) is 0.364. The van der Waals surface area contributed by atoms with Crippen LogP contribution < -0.4 is 10.5 Å². The van der Waals surface area contributed by atoms with Crippen LogP contribution in [-0.4, -0.2) is 17.6 Å². The topological polar surface area (TPSA) is 72.6 Å². The molecule has 0 aliphatic carbocycles. The van der Waals surface area contributed by atoms with Gasteiger partial charge in [-0.05, 0) is 49.6 Å². The minimum Gasteiger partial charge on any atom is -0.490 e. The summed E-state index contributed by atoms with van der Waals surface area (Å²) in [6, 6.07) is 3.52. The van der Waals surface area contributed by atoms with Gasteiger partial charge in [-0.15, -0.1) is 0 Å². The molecule has 0 spiro atoms. The Morgan fingerprint density at radius 2 is 2.00 bits per heavy atom. The molecule has 0 heterocycles. The molecule has 0 aromatic heterocycles. The van der Waals surface area contributed by atoms with Gasteiger partial charge in [0.25, 0.3) is 0 Å². The zero-order valence-corrected chi connectivity index (χ0v) is 12.4. The van der Waals surface area contributed by atoms with Crippen molar-refractivity contribution in [2.24, 2.45) is 11.7 Å². The molecule has 0 fully saturated rings. The van der Waals surface area contributed by atoms with Crippen LogP contribution in [0.1, 0.15) is 12.5 Å². The van der Waals surface area contributed by atoms with Gasteiger partial charge in [0, 0.05) is 0 Å². The number of hydrogen-bond acceptors (Lipinski definition) is 3. The van der Waals surface area contributed by atoms with Crippen molar-refractivity contribution in [1.29, 1.82) is 0 Å². The molecule has 0 aliphatic rings. The lowest BCUT2D eigenvalue weighted by molar-refractivity contribution is -0.122. The third-order valence-corrected chi connectivity index (χ3v) is 3.38. The molecule has 0 radical (unpaired) electrons. The van der Waals surface area contributed by atoms with E-state index in [9.17, 15) is 4.79 Å². The van der Waals surface area contributed by atoms with Crippen LogP contribution >= 0.6 is 31.9 Å². The number of ether oxygens (including phenoxy) is 1. The number of aliphatic hydroxyl groups excluding tert-OH is 1. The van der Waals surface area contributed by atoms with Crippen LogP contribution in [-0.2, 0) is 11.4 Å². The van der Waals surface area contributed by atoms with E-state index in [1.165, 1.54) is 0 Å². The van der Waals surface area contributed by atoms with Gasteiger partial charge in [0.1, 0.15) is 5.75 Å². The molecule has 1 unspecified atom stereocenters. The second-order valence-corrected chi connectivity index (χ2v) is 5.37. The summed E-state index contributed by atoms with van der Waals surface area (Å²) >= 11 is 6.69. The van der Waals surface area contributed by atoms with Crippen LogP contribution in [0.15, 0.2) is 21.1 Å². The van der Waals surface area contributed by atoms with Gasteiger partial charge in [-0.2, -0.15) is 0 Å². The summed E-state index contributed by atoms with van der Waals surface area (Å²) in [7, 11) is 0. The SMILES string of the molecule is CC(COc1c(Br)cc(CO)cc1Br)C(N)=O. The quantitative estimate of drug-likeness (QED) is 0.839. The summed E-state index contributed by atoms with van der Waals surface area (Å²) in [5.41, 5.74) is 5.91. The lowest BCUT2D eigenvalue weighted by atomic mass is 10.2. The standard InChI is InChI=1S/C11H13Br2NO3/c1-6(11(14)16)5-17-10-8(12)2-7(4-15)3-9(10)13/h2-3,6,15H,4-5H2,1H3,(H2,14,16). The highest BCUT2D eigenvalue weighted by Gasteiger charge is 2.13. The predicted molar refractivity (Wildman–Crippen MR) is 71.6 cm³/mol. The largest absolute Gasteiger partial charge is 0.490 e. The molecule has 1 aromatic rings. The number of nitrogens with two attached hydrogens (primary N) is 1. The Hall–Kier alpha value is -0.590. The predicted octanol–water partition coefficient (Wildman–Crippen LogP) is 2.20. The van der Waals surface area contributed by atoms with Gasteiger partial charge >= 0.3 is 0 Å². The smallest absolute Gasteiger partial charge is 0.223 e. The van der Waals surface area contributed by atoms with E-state index in [0.717, 1.165) is 5.56 Å². The molecule has 0 aliphatic heterocycles. The number of rotatable bonds is 5. The van der Waals surface area contributed by atoms with Gasteiger partial charge in [-0.1, -0.05) is 6.92 Å². The molecule has 1 atom stereocenters. The zero-order chi connectivity index (χ0) is 13.0. The Morgan fingerprint density at radius 3 is 2.41 bits per heavy atom. The highest BCUT2D eigenvalue weighted by Crippen LogP contribution is 2.35. The maximum absolute atomic E-state index is 10.9. The summed E-state index contributed by atoms with van der Waals surface area (Å²) < 4.78 is 6.94. The van der Waals surface area contributed by atoms with Crippen molar-refractivity contribution in [3.8, 4) is 5.75 Å². The number of benzene rings is 1. The first-order chi connectivity index (χ1) is 7.95. The Balaban J connectivity index is 2.81. The lowest BCUT2D eigenvalue weighted by Gasteiger charge is -2.13. The van der Waals surface area contributed by atoms with E-state index in [-0.39, 0.29) is 19.1 Å². The summed E-state index contributed by atoms with van der Waals surface area (Å²) in [4.78, 5) is 10.9.